The molecule has 0 amide bonds. The first kappa shape index (κ1) is 13.0. The van der Waals surface area contributed by atoms with E-state index in [0.29, 0.717) is 6.61 Å². The minimum atomic E-state index is -0.364. The lowest BCUT2D eigenvalue weighted by atomic mass is 9.98. The lowest BCUT2D eigenvalue weighted by Gasteiger charge is -2.28. The van der Waals surface area contributed by atoms with Gasteiger partial charge in [0.2, 0.25) is 0 Å². The van der Waals surface area contributed by atoms with Crippen molar-refractivity contribution < 1.29 is 9.66 Å². The monoisotopic (exact) mass is 250 g/mol. The maximum Gasteiger partial charge on any atom is 0.269 e. The molecule has 1 aliphatic rings. The van der Waals surface area contributed by atoms with Crippen molar-refractivity contribution in [2.75, 3.05) is 13.2 Å². The van der Waals surface area contributed by atoms with Crippen LogP contribution >= 0.6 is 0 Å². The molecule has 5 heteroatoms. The van der Waals surface area contributed by atoms with Gasteiger partial charge in [0.05, 0.1) is 11.5 Å². The van der Waals surface area contributed by atoms with Crippen molar-refractivity contribution in [2.45, 2.75) is 31.8 Å². The smallest absolute Gasteiger partial charge is 0.269 e. The Balaban J connectivity index is 2.10. The summed E-state index contributed by atoms with van der Waals surface area (Å²) >= 11 is 0. The Labute approximate surface area is 106 Å². The zero-order valence-electron chi connectivity index (χ0n) is 10.7. The van der Waals surface area contributed by atoms with Crippen LogP contribution in [-0.4, -0.2) is 23.7 Å². The molecular formula is C13H18N2O3. The second kappa shape index (κ2) is 5.04. The number of nitro benzene ring substituents is 1. The zero-order chi connectivity index (χ0) is 13.2. The molecule has 5 nitrogen and oxygen atoms in total. The molecule has 1 heterocycles. The predicted octanol–water partition coefficient (Wildman–Crippen LogP) is 2.42. The molecule has 2 atom stereocenters. The van der Waals surface area contributed by atoms with Crippen LogP contribution in [-0.2, 0) is 4.74 Å². The van der Waals surface area contributed by atoms with Crippen LogP contribution in [0.5, 0.6) is 0 Å². The second-order valence-electron chi connectivity index (χ2n) is 5.08. The second-order valence-corrected chi connectivity index (χ2v) is 5.08. The van der Waals surface area contributed by atoms with Crippen molar-refractivity contribution in [2.24, 2.45) is 0 Å². The molecule has 1 aliphatic heterocycles. The summed E-state index contributed by atoms with van der Waals surface area (Å²) in [6.07, 6.45) is 0.965. The molecule has 1 aromatic carbocycles. The van der Waals surface area contributed by atoms with Crippen LogP contribution in [0.4, 0.5) is 5.69 Å². The van der Waals surface area contributed by atoms with E-state index in [1.54, 1.807) is 12.1 Å². The van der Waals surface area contributed by atoms with Gasteiger partial charge in [-0.1, -0.05) is 12.1 Å². The predicted molar refractivity (Wildman–Crippen MR) is 68.5 cm³/mol. The standard InChI is InChI=1S/C13H18N2O3/c1-10(14-13(2)6-7-18-9-13)11-4-3-5-12(8-11)15(16)17/h3-5,8,10,14H,6-7,9H2,1-2H3. The Morgan fingerprint density at radius 2 is 2.33 bits per heavy atom. The number of ether oxygens (including phenoxy) is 1. The summed E-state index contributed by atoms with van der Waals surface area (Å²) in [5.41, 5.74) is 1.02. The van der Waals surface area contributed by atoms with Gasteiger partial charge in [0.25, 0.3) is 5.69 Å². The summed E-state index contributed by atoms with van der Waals surface area (Å²) in [5.74, 6) is 0. The third-order valence-electron chi connectivity index (χ3n) is 3.36. The van der Waals surface area contributed by atoms with Crippen LogP contribution in [0.25, 0.3) is 0 Å². The molecule has 0 aliphatic carbocycles. The zero-order valence-corrected chi connectivity index (χ0v) is 10.7. The summed E-state index contributed by atoms with van der Waals surface area (Å²) in [6.45, 7) is 5.59. The third kappa shape index (κ3) is 2.86. The number of rotatable bonds is 4. The van der Waals surface area contributed by atoms with Gasteiger partial charge in [0.15, 0.2) is 0 Å². The van der Waals surface area contributed by atoms with Crippen LogP contribution in [0.15, 0.2) is 24.3 Å². The quantitative estimate of drug-likeness (QED) is 0.658. The van der Waals surface area contributed by atoms with Crippen molar-refractivity contribution >= 4 is 5.69 Å². The van der Waals surface area contributed by atoms with Gasteiger partial charge in [-0.2, -0.15) is 0 Å². The first-order valence-electron chi connectivity index (χ1n) is 6.10. The molecule has 98 valence electrons. The largest absolute Gasteiger partial charge is 0.379 e. The summed E-state index contributed by atoms with van der Waals surface area (Å²) in [5, 5.41) is 14.2. The normalized spacial score (nSPS) is 25.0. The van der Waals surface area contributed by atoms with Crippen LogP contribution in [0.1, 0.15) is 31.9 Å². The van der Waals surface area contributed by atoms with Crippen molar-refractivity contribution in [1.29, 1.82) is 0 Å². The van der Waals surface area contributed by atoms with Gasteiger partial charge >= 0.3 is 0 Å². The average Bonchev–Trinajstić information content (AvgIpc) is 2.76. The highest BCUT2D eigenvalue weighted by Gasteiger charge is 2.31. The Morgan fingerprint density at radius 3 is 2.94 bits per heavy atom. The van der Waals surface area contributed by atoms with Crippen molar-refractivity contribution in [1.82, 2.24) is 5.32 Å². The van der Waals surface area contributed by atoms with Gasteiger partial charge < -0.3 is 10.1 Å². The lowest BCUT2D eigenvalue weighted by molar-refractivity contribution is -0.384. The van der Waals surface area contributed by atoms with Gasteiger partial charge in [-0.05, 0) is 25.8 Å². The fraction of sp³-hybridized carbons (Fsp3) is 0.538. The maximum atomic E-state index is 10.7. The van der Waals surface area contributed by atoms with Crippen molar-refractivity contribution in [3.05, 3.63) is 39.9 Å². The maximum absolute atomic E-state index is 10.7. The van der Waals surface area contributed by atoms with E-state index in [9.17, 15) is 10.1 Å². The third-order valence-corrected chi connectivity index (χ3v) is 3.36. The highest BCUT2D eigenvalue weighted by atomic mass is 16.6. The van der Waals surface area contributed by atoms with Crippen molar-refractivity contribution in [3.8, 4) is 0 Å². The highest BCUT2D eigenvalue weighted by molar-refractivity contribution is 5.35. The molecule has 0 aromatic heterocycles. The molecule has 0 saturated carbocycles. The molecule has 18 heavy (non-hydrogen) atoms. The Hall–Kier alpha value is -1.46. The van der Waals surface area contributed by atoms with E-state index in [4.69, 9.17) is 4.74 Å². The molecule has 2 unspecified atom stereocenters. The molecule has 1 aromatic rings. The van der Waals surface area contributed by atoms with E-state index in [0.717, 1.165) is 18.6 Å². The van der Waals surface area contributed by atoms with Gasteiger partial charge in [0.1, 0.15) is 0 Å². The van der Waals surface area contributed by atoms with E-state index >= 15 is 0 Å². The molecule has 1 N–H and O–H groups in total. The van der Waals surface area contributed by atoms with Crippen LogP contribution in [0.2, 0.25) is 0 Å². The fourth-order valence-electron chi connectivity index (χ4n) is 2.29. The van der Waals surface area contributed by atoms with Gasteiger partial charge in [-0.25, -0.2) is 0 Å². The Bertz CT molecular complexity index is 442. The molecule has 1 saturated heterocycles. The van der Waals surface area contributed by atoms with Crippen LogP contribution < -0.4 is 5.32 Å². The van der Waals surface area contributed by atoms with E-state index in [1.165, 1.54) is 6.07 Å². The number of hydrogen-bond donors (Lipinski definition) is 1. The lowest BCUT2D eigenvalue weighted by Crippen LogP contribution is -2.44. The molecule has 1 fully saturated rings. The minimum absolute atomic E-state index is 0.0377. The molecule has 0 radical (unpaired) electrons. The van der Waals surface area contributed by atoms with Crippen molar-refractivity contribution in [3.63, 3.8) is 0 Å². The van der Waals surface area contributed by atoms with Gasteiger partial charge in [-0.15, -0.1) is 0 Å². The van der Waals surface area contributed by atoms with Crippen LogP contribution in [0, 0.1) is 10.1 Å². The fourth-order valence-corrected chi connectivity index (χ4v) is 2.29. The summed E-state index contributed by atoms with van der Waals surface area (Å²) in [4.78, 5) is 10.4. The minimum Gasteiger partial charge on any atom is -0.379 e. The van der Waals surface area contributed by atoms with Gasteiger partial charge in [0, 0.05) is 30.3 Å². The molecule has 2 rings (SSSR count). The first-order valence-corrected chi connectivity index (χ1v) is 6.10. The number of nitrogens with zero attached hydrogens (tertiary/aromatic N) is 1. The number of nitrogens with one attached hydrogen (secondary N) is 1. The summed E-state index contributed by atoms with van der Waals surface area (Å²) in [6, 6.07) is 6.83. The number of benzene rings is 1. The van der Waals surface area contributed by atoms with E-state index in [2.05, 4.69) is 12.2 Å². The molecule has 0 bridgehead atoms. The highest BCUT2D eigenvalue weighted by Crippen LogP contribution is 2.25. The number of non-ortho nitro benzene ring substituents is 1. The molecular weight excluding hydrogens is 232 g/mol. The van der Waals surface area contributed by atoms with E-state index < -0.39 is 0 Å². The first-order chi connectivity index (χ1) is 8.50. The number of hydrogen-bond acceptors (Lipinski definition) is 4. The van der Waals surface area contributed by atoms with Crippen LogP contribution in [0.3, 0.4) is 0 Å². The number of nitro groups is 1. The van der Waals surface area contributed by atoms with E-state index in [1.807, 2.05) is 13.0 Å². The summed E-state index contributed by atoms with van der Waals surface area (Å²) < 4.78 is 5.39. The van der Waals surface area contributed by atoms with E-state index in [-0.39, 0.29) is 22.2 Å². The molecule has 0 spiro atoms. The average molecular weight is 250 g/mol. The Kier molecular flexibility index (Phi) is 3.63. The Morgan fingerprint density at radius 1 is 1.56 bits per heavy atom. The van der Waals surface area contributed by atoms with Gasteiger partial charge in [-0.3, -0.25) is 10.1 Å². The summed E-state index contributed by atoms with van der Waals surface area (Å²) in [7, 11) is 0. The topological polar surface area (TPSA) is 64.4 Å². The SMILES string of the molecule is CC(NC1(C)CCOC1)c1cccc([N+](=O)[O-])c1.